The van der Waals surface area contributed by atoms with Gasteiger partial charge in [0.15, 0.2) is 11.5 Å². The lowest BCUT2D eigenvalue weighted by atomic mass is 9.94. The number of nitrogens with zero attached hydrogens (tertiary/aromatic N) is 3. The van der Waals surface area contributed by atoms with Crippen molar-refractivity contribution < 1.29 is 14.3 Å². The zero-order valence-electron chi connectivity index (χ0n) is 22.8. The van der Waals surface area contributed by atoms with Gasteiger partial charge in [-0.05, 0) is 62.1 Å². The Kier molecular flexibility index (Phi) is 9.33. The number of benzene rings is 2. The molecule has 0 fully saturated rings. The largest absolute Gasteiger partial charge is 0.493 e. The van der Waals surface area contributed by atoms with Crippen molar-refractivity contribution in [3.63, 3.8) is 0 Å². The minimum absolute atomic E-state index is 0.200. The number of amides is 1. The maximum Gasteiger partial charge on any atom is 0.255 e. The number of ether oxygens (including phenoxy) is 2. The van der Waals surface area contributed by atoms with Crippen LogP contribution in [-0.2, 0) is 4.79 Å². The van der Waals surface area contributed by atoms with Gasteiger partial charge in [0, 0.05) is 17.1 Å². The molecule has 1 aromatic heterocycles. The van der Waals surface area contributed by atoms with E-state index >= 15 is 0 Å². The number of thioether (sulfide) groups is 1. The summed E-state index contributed by atoms with van der Waals surface area (Å²) in [5, 5.41) is 11.9. The summed E-state index contributed by atoms with van der Waals surface area (Å²) in [6, 6.07) is 13.1. The number of carbonyl (C=O) groups is 1. The van der Waals surface area contributed by atoms with Crippen molar-refractivity contribution in [1.82, 2.24) is 14.8 Å². The van der Waals surface area contributed by atoms with Crippen molar-refractivity contribution in [2.24, 2.45) is 0 Å². The molecule has 0 aliphatic carbocycles. The van der Waals surface area contributed by atoms with E-state index in [0.29, 0.717) is 34.8 Å². The van der Waals surface area contributed by atoms with Crippen LogP contribution in [0.3, 0.4) is 0 Å². The molecule has 1 amide bonds. The van der Waals surface area contributed by atoms with E-state index in [4.69, 9.17) is 19.6 Å². The number of rotatable bonds is 12. The lowest BCUT2D eigenvalue weighted by molar-refractivity contribution is -0.113. The molecule has 0 radical (unpaired) electrons. The Labute approximate surface area is 229 Å². The standard InChI is InChI=1S/C29H37N5O3S/c1-6-8-15-37-23-14-13-21(18-24(23)36-5)26-25(27(35)31-22-12-10-11-19(3)17-22)20(4)30-28-32-29(33-34(26)28)38-16-9-7-2/h10-14,17-18,26H,6-9,15-16H2,1-5H3,(H,31,35)(H,30,32,33). The van der Waals surface area contributed by atoms with Crippen LogP contribution in [-0.4, -0.2) is 40.1 Å². The fourth-order valence-corrected chi connectivity index (χ4v) is 5.24. The van der Waals surface area contributed by atoms with Crippen LogP contribution in [0.25, 0.3) is 0 Å². The number of methoxy groups -OCH3 is 1. The molecule has 38 heavy (non-hydrogen) atoms. The van der Waals surface area contributed by atoms with Gasteiger partial charge in [-0.15, -0.1) is 5.10 Å². The molecule has 2 aromatic carbocycles. The van der Waals surface area contributed by atoms with Crippen molar-refractivity contribution >= 4 is 29.3 Å². The van der Waals surface area contributed by atoms with Crippen molar-refractivity contribution in [3.8, 4) is 11.5 Å². The molecular weight excluding hydrogens is 498 g/mol. The number of aromatic nitrogens is 3. The van der Waals surface area contributed by atoms with Gasteiger partial charge >= 0.3 is 0 Å². The fraction of sp³-hybridized carbons (Fsp3) is 0.414. The van der Waals surface area contributed by atoms with E-state index < -0.39 is 6.04 Å². The molecule has 1 atom stereocenters. The average Bonchev–Trinajstić information content (AvgIpc) is 3.30. The molecule has 2 heterocycles. The van der Waals surface area contributed by atoms with Crippen molar-refractivity contribution in [1.29, 1.82) is 0 Å². The van der Waals surface area contributed by atoms with Gasteiger partial charge in [-0.1, -0.05) is 56.7 Å². The first kappa shape index (κ1) is 27.6. The third kappa shape index (κ3) is 6.32. The highest BCUT2D eigenvalue weighted by atomic mass is 32.2. The van der Waals surface area contributed by atoms with Gasteiger partial charge in [0.2, 0.25) is 11.1 Å². The molecule has 9 heteroatoms. The van der Waals surface area contributed by atoms with Gasteiger partial charge < -0.3 is 20.1 Å². The number of hydrogen-bond donors (Lipinski definition) is 2. The molecule has 3 aromatic rings. The molecular formula is C29H37N5O3S. The van der Waals surface area contributed by atoms with E-state index in [1.54, 1.807) is 23.6 Å². The molecule has 2 N–H and O–H groups in total. The first-order chi connectivity index (χ1) is 18.4. The van der Waals surface area contributed by atoms with E-state index in [2.05, 4.69) is 24.5 Å². The third-order valence-electron chi connectivity index (χ3n) is 6.34. The van der Waals surface area contributed by atoms with E-state index in [9.17, 15) is 4.79 Å². The van der Waals surface area contributed by atoms with Gasteiger partial charge in [0.05, 0.1) is 19.3 Å². The zero-order valence-corrected chi connectivity index (χ0v) is 23.7. The summed E-state index contributed by atoms with van der Waals surface area (Å²) in [4.78, 5) is 18.5. The third-order valence-corrected chi connectivity index (χ3v) is 7.27. The van der Waals surface area contributed by atoms with Gasteiger partial charge in [0.25, 0.3) is 5.91 Å². The molecule has 0 bridgehead atoms. The maximum absolute atomic E-state index is 13.8. The van der Waals surface area contributed by atoms with Crippen LogP contribution in [0.4, 0.5) is 11.6 Å². The van der Waals surface area contributed by atoms with Gasteiger partial charge in [0.1, 0.15) is 6.04 Å². The molecule has 8 nitrogen and oxygen atoms in total. The molecule has 0 saturated carbocycles. The summed E-state index contributed by atoms with van der Waals surface area (Å²) in [7, 11) is 1.63. The summed E-state index contributed by atoms with van der Waals surface area (Å²) in [5.41, 5.74) is 3.97. The van der Waals surface area contributed by atoms with Crippen LogP contribution in [0.5, 0.6) is 11.5 Å². The van der Waals surface area contributed by atoms with E-state index in [-0.39, 0.29) is 5.91 Å². The summed E-state index contributed by atoms with van der Waals surface area (Å²) in [6.45, 7) is 8.82. The Balaban J connectivity index is 1.74. The second kappa shape index (κ2) is 12.9. The number of nitrogens with one attached hydrogen (secondary N) is 2. The lowest BCUT2D eigenvalue weighted by Crippen LogP contribution is -2.31. The number of anilines is 2. The first-order valence-electron chi connectivity index (χ1n) is 13.2. The van der Waals surface area contributed by atoms with E-state index in [1.165, 1.54) is 0 Å². The highest BCUT2D eigenvalue weighted by molar-refractivity contribution is 7.99. The predicted octanol–water partition coefficient (Wildman–Crippen LogP) is 6.59. The van der Waals surface area contributed by atoms with Crippen molar-refractivity contribution in [2.45, 2.75) is 64.6 Å². The Morgan fingerprint density at radius 1 is 1.11 bits per heavy atom. The molecule has 1 aliphatic heterocycles. The van der Waals surface area contributed by atoms with E-state index in [1.807, 2.05) is 56.3 Å². The highest BCUT2D eigenvalue weighted by Gasteiger charge is 2.35. The van der Waals surface area contributed by atoms with Crippen LogP contribution < -0.4 is 20.1 Å². The second-order valence-electron chi connectivity index (χ2n) is 9.37. The Hall–Kier alpha value is -3.46. The first-order valence-corrected chi connectivity index (χ1v) is 14.2. The van der Waals surface area contributed by atoms with Crippen LogP contribution in [0, 0.1) is 6.92 Å². The lowest BCUT2D eigenvalue weighted by Gasteiger charge is -2.29. The highest BCUT2D eigenvalue weighted by Crippen LogP contribution is 2.40. The predicted molar refractivity (Wildman–Crippen MR) is 153 cm³/mol. The minimum atomic E-state index is -0.498. The number of carbonyl (C=O) groups excluding carboxylic acids is 1. The summed E-state index contributed by atoms with van der Waals surface area (Å²) in [6.07, 6.45) is 4.21. The van der Waals surface area contributed by atoms with Crippen LogP contribution >= 0.6 is 11.8 Å². The zero-order chi connectivity index (χ0) is 27.1. The fourth-order valence-electron chi connectivity index (χ4n) is 4.32. The minimum Gasteiger partial charge on any atom is -0.493 e. The Morgan fingerprint density at radius 2 is 1.92 bits per heavy atom. The molecule has 1 aliphatic rings. The van der Waals surface area contributed by atoms with Gasteiger partial charge in [-0.3, -0.25) is 4.79 Å². The summed E-state index contributed by atoms with van der Waals surface area (Å²) < 4.78 is 13.5. The monoisotopic (exact) mass is 535 g/mol. The SMILES string of the molecule is CCCCOc1ccc(C2C(C(=O)Nc3cccc(C)c3)=C(C)Nc3nc(SCCCC)nn32)cc1OC. The number of aryl methyl sites for hydroxylation is 1. The molecule has 202 valence electrons. The van der Waals surface area contributed by atoms with Crippen LogP contribution in [0.15, 0.2) is 58.9 Å². The normalized spacial score (nSPS) is 14.6. The molecule has 0 spiro atoms. The second-order valence-corrected chi connectivity index (χ2v) is 10.4. The van der Waals surface area contributed by atoms with Crippen LogP contribution in [0.2, 0.25) is 0 Å². The molecule has 0 saturated heterocycles. The van der Waals surface area contributed by atoms with E-state index in [0.717, 1.165) is 53.9 Å². The Bertz CT molecular complexity index is 1300. The number of fused-ring (bicyclic) bond motifs is 1. The van der Waals surface area contributed by atoms with Crippen LogP contribution in [0.1, 0.15) is 63.6 Å². The average molecular weight is 536 g/mol. The molecule has 1 unspecified atom stereocenters. The number of allylic oxidation sites excluding steroid dienone is 1. The topological polar surface area (TPSA) is 90.3 Å². The smallest absolute Gasteiger partial charge is 0.255 e. The Morgan fingerprint density at radius 3 is 2.66 bits per heavy atom. The maximum atomic E-state index is 13.8. The summed E-state index contributed by atoms with van der Waals surface area (Å²) in [5.74, 6) is 2.65. The molecule has 4 rings (SSSR count). The van der Waals surface area contributed by atoms with Gasteiger partial charge in [-0.25, -0.2) is 4.68 Å². The number of hydrogen-bond acceptors (Lipinski definition) is 7. The number of unbranched alkanes of at least 4 members (excludes halogenated alkanes) is 2. The summed E-state index contributed by atoms with van der Waals surface area (Å²) >= 11 is 1.63. The van der Waals surface area contributed by atoms with Crippen molar-refractivity contribution in [3.05, 3.63) is 64.9 Å². The van der Waals surface area contributed by atoms with Gasteiger partial charge in [-0.2, -0.15) is 4.98 Å². The van der Waals surface area contributed by atoms with Crippen molar-refractivity contribution in [2.75, 3.05) is 30.1 Å². The quantitative estimate of drug-likeness (QED) is 0.200.